The summed E-state index contributed by atoms with van der Waals surface area (Å²) >= 11 is 0. The first-order valence-corrected chi connectivity index (χ1v) is 12.1. The second-order valence-corrected chi connectivity index (χ2v) is 10.1. The maximum absolute atomic E-state index is 13.4. The van der Waals surface area contributed by atoms with Crippen LogP contribution in [0.4, 0.5) is 5.69 Å². The van der Waals surface area contributed by atoms with Gasteiger partial charge in [-0.25, -0.2) is 8.42 Å². The summed E-state index contributed by atoms with van der Waals surface area (Å²) in [6.45, 7) is 3.82. The van der Waals surface area contributed by atoms with Crippen molar-refractivity contribution in [1.82, 2.24) is 5.32 Å². The molecule has 1 aliphatic carbocycles. The minimum atomic E-state index is -3.84. The number of rotatable bonds is 7. The Morgan fingerprint density at radius 2 is 1.55 bits per heavy atom. The average molecular weight is 440 g/mol. The Morgan fingerprint density at radius 1 is 1.00 bits per heavy atom. The summed E-state index contributed by atoms with van der Waals surface area (Å²) in [5.41, 5.74) is 1.66. The lowest BCUT2D eigenvalue weighted by Gasteiger charge is -2.32. The fourth-order valence-electron chi connectivity index (χ4n) is 3.89. The van der Waals surface area contributed by atoms with Gasteiger partial charge in [-0.1, -0.05) is 54.7 Å². The molecule has 0 spiro atoms. The van der Waals surface area contributed by atoms with Crippen molar-refractivity contribution in [3.63, 3.8) is 0 Å². The van der Waals surface area contributed by atoms with Gasteiger partial charge in [-0.2, -0.15) is 5.26 Å². The van der Waals surface area contributed by atoms with Crippen LogP contribution in [0.1, 0.15) is 49.7 Å². The molecule has 2 aromatic carbocycles. The third kappa shape index (κ3) is 5.45. The summed E-state index contributed by atoms with van der Waals surface area (Å²) < 4.78 is 28.1. The number of carbonyl (C=O) groups excluding carboxylic acids is 1. The maximum atomic E-state index is 13.4. The SMILES string of the molecule is Cc1ccc(N(CCC(=O)NC2(C#N)CCCCC2)S(=O)(=O)c2ccc(C)cc2)cc1. The minimum Gasteiger partial charge on any atom is -0.338 e. The van der Waals surface area contributed by atoms with Gasteiger partial charge in [0.2, 0.25) is 5.91 Å². The van der Waals surface area contributed by atoms with E-state index in [0.717, 1.165) is 30.4 Å². The van der Waals surface area contributed by atoms with Crippen molar-refractivity contribution in [2.45, 2.75) is 62.8 Å². The molecule has 0 radical (unpaired) electrons. The first-order chi connectivity index (χ1) is 14.8. The van der Waals surface area contributed by atoms with E-state index in [4.69, 9.17) is 0 Å². The zero-order valence-corrected chi connectivity index (χ0v) is 18.9. The summed E-state index contributed by atoms with van der Waals surface area (Å²) in [6.07, 6.45) is 4.13. The standard InChI is InChI=1S/C24H29N3O3S/c1-19-6-10-21(11-7-19)27(31(29,30)22-12-8-20(2)9-13-22)17-14-23(28)26-24(18-25)15-4-3-5-16-24/h6-13H,3-5,14-17H2,1-2H3,(H,26,28). The highest BCUT2D eigenvalue weighted by atomic mass is 32.2. The number of aryl methyl sites for hydroxylation is 2. The molecule has 7 heteroatoms. The summed E-state index contributed by atoms with van der Waals surface area (Å²) in [5, 5.41) is 12.5. The highest BCUT2D eigenvalue weighted by Crippen LogP contribution is 2.28. The van der Waals surface area contributed by atoms with Crippen LogP contribution >= 0.6 is 0 Å². The summed E-state index contributed by atoms with van der Waals surface area (Å²) in [7, 11) is -3.84. The van der Waals surface area contributed by atoms with Crippen molar-refractivity contribution in [2.75, 3.05) is 10.8 Å². The van der Waals surface area contributed by atoms with E-state index in [0.29, 0.717) is 18.5 Å². The molecule has 0 bridgehead atoms. The summed E-state index contributed by atoms with van der Waals surface area (Å²) in [5.74, 6) is -0.306. The fourth-order valence-corrected chi connectivity index (χ4v) is 5.35. The Bertz CT molecular complexity index is 1050. The normalized spacial score (nSPS) is 15.6. The van der Waals surface area contributed by atoms with Crippen LogP contribution in [0.3, 0.4) is 0 Å². The van der Waals surface area contributed by atoms with Crippen LogP contribution in [0.25, 0.3) is 0 Å². The van der Waals surface area contributed by atoms with E-state index in [9.17, 15) is 18.5 Å². The van der Waals surface area contributed by atoms with Crippen molar-refractivity contribution in [1.29, 1.82) is 5.26 Å². The second kappa shape index (κ2) is 9.52. The largest absolute Gasteiger partial charge is 0.338 e. The quantitative estimate of drug-likeness (QED) is 0.699. The van der Waals surface area contributed by atoms with Crippen molar-refractivity contribution >= 4 is 21.6 Å². The first-order valence-electron chi connectivity index (χ1n) is 10.6. The number of hydrogen-bond donors (Lipinski definition) is 1. The molecule has 0 unspecified atom stereocenters. The number of hydrogen-bond acceptors (Lipinski definition) is 4. The molecule has 3 rings (SSSR count). The fraction of sp³-hybridized carbons (Fsp3) is 0.417. The van der Waals surface area contributed by atoms with Crippen LogP contribution in [0.15, 0.2) is 53.4 Å². The minimum absolute atomic E-state index is 0.00733. The van der Waals surface area contributed by atoms with E-state index >= 15 is 0 Å². The van der Waals surface area contributed by atoms with Crippen LogP contribution in [0.5, 0.6) is 0 Å². The number of nitrogens with zero attached hydrogens (tertiary/aromatic N) is 2. The van der Waals surface area contributed by atoms with E-state index in [2.05, 4.69) is 11.4 Å². The maximum Gasteiger partial charge on any atom is 0.264 e. The number of benzene rings is 2. The van der Waals surface area contributed by atoms with E-state index in [1.165, 1.54) is 4.31 Å². The molecular weight excluding hydrogens is 410 g/mol. The molecule has 31 heavy (non-hydrogen) atoms. The molecule has 2 aromatic rings. The lowest BCUT2D eigenvalue weighted by molar-refractivity contribution is -0.122. The summed E-state index contributed by atoms with van der Waals surface area (Å²) in [4.78, 5) is 12.9. The Labute approximate surface area is 184 Å². The van der Waals surface area contributed by atoms with Gasteiger partial charge in [0, 0.05) is 13.0 Å². The van der Waals surface area contributed by atoms with Gasteiger partial charge in [0.15, 0.2) is 0 Å². The van der Waals surface area contributed by atoms with Crippen molar-refractivity contribution in [2.24, 2.45) is 0 Å². The Balaban J connectivity index is 1.82. The molecule has 1 aliphatic rings. The van der Waals surface area contributed by atoms with Gasteiger partial charge in [-0.05, 0) is 51.0 Å². The van der Waals surface area contributed by atoms with Crippen LogP contribution in [0.2, 0.25) is 0 Å². The van der Waals surface area contributed by atoms with E-state index in [1.807, 2.05) is 26.0 Å². The molecule has 0 heterocycles. The number of carbonyl (C=O) groups is 1. The first kappa shape index (κ1) is 22.8. The Kier molecular flexibility index (Phi) is 7.01. The molecule has 0 saturated heterocycles. The Hall–Kier alpha value is -2.85. The number of anilines is 1. The zero-order chi connectivity index (χ0) is 22.5. The van der Waals surface area contributed by atoms with Crippen molar-refractivity contribution in [3.05, 3.63) is 59.7 Å². The highest BCUT2D eigenvalue weighted by molar-refractivity contribution is 7.92. The van der Waals surface area contributed by atoms with Gasteiger partial charge in [-0.3, -0.25) is 9.10 Å². The van der Waals surface area contributed by atoms with Gasteiger partial charge in [0.05, 0.1) is 16.7 Å². The predicted octanol–water partition coefficient (Wildman–Crippen LogP) is 4.23. The van der Waals surface area contributed by atoms with E-state index in [1.54, 1.807) is 36.4 Å². The van der Waals surface area contributed by atoms with Crippen LogP contribution in [-0.2, 0) is 14.8 Å². The van der Waals surface area contributed by atoms with Gasteiger partial charge in [0.25, 0.3) is 10.0 Å². The molecule has 0 aliphatic heterocycles. The van der Waals surface area contributed by atoms with Gasteiger partial charge in [-0.15, -0.1) is 0 Å². The zero-order valence-electron chi connectivity index (χ0n) is 18.1. The second-order valence-electron chi connectivity index (χ2n) is 8.28. The lowest BCUT2D eigenvalue weighted by atomic mass is 9.83. The predicted molar refractivity (Wildman–Crippen MR) is 121 cm³/mol. The number of amides is 1. The molecule has 6 nitrogen and oxygen atoms in total. The van der Waals surface area contributed by atoms with Crippen LogP contribution in [-0.4, -0.2) is 26.4 Å². The average Bonchev–Trinajstić information content (AvgIpc) is 2.76. The molecule has 0 aromatic heterocycles. The van der Waals surface area contributed by atoms with Crippen molar-refractivity contribution < 1.29 is 13.2 Å². The lowest BCUT2D eigenvalue weighted by Crippen LogP contribution is -2.49. The molecule has 1 N–H and O–H groups in total. The molecule has 1 amide bonds. The monoisotopic (exact) mass is 439 g/mol. The molecule has 1 fully saturated rings. The molecule has 0 atom stereocenters. The molecule has 164 valence electrons. The smallest absolute Gasteiger partial charge is 0.264 e. The number of sulfonamides is 1. The third-order valence-corrected chi connectivity index (χ3v) is 7.61. The topological polar surface area (TPSA) is 90.3 Å². The van der Waals surface area contributed by atoms with Gasteiger partial charge >= 0.3 is 0 Å². The molecule has 1 saturated carbocycles. The highest BCUT2D eigenvalue weighted by Gasteiger charge is 2.34. The van der Waals surface area contributed by atoms with Crippen molar-refractivity contribution in [3.8, 4) is 6.07 Å². The molecular formula is C24H29N3O3S. The number of nitriles is 1. The van der Waals surface area contributed by atoms with Gasteiger partial charge < -0.3 is 5.32 Å². The van der Waals surface area contributed by atoms with Gasteiger partial charge in [0.1, 0.15) is 5.54 Å². The number of nitrogens with one attached hydrogen (secondary N) is 1. The van der Waals surface area contributed by atoms with Crippen LogP contribution < -0.4 is 9.62 Å². The summed E-state index contributed by atoms with van der Waals surface area (Å²) in [6, 6.07) is 16.1. The Morgan fingerprint density at radius 3 is 2.10 bits per heavy atom. The van der Waals surface area contributed by atoms with Crippen LogP contribution in [0, 0.1) is 25.2 Å². The van der Waals surface area contributed by atoms with E-state index < -0.39 is 15.6 Å². The van der Waals surface area contributed by atoms with E-state index in [-0.39, 0.29) is 23.8 Å². The third-order valence-electron chi connectivity index (χ3n) is 5.77.